The van der Waals surface area contributed by atoms with Crippen LogP contribution in [0, 0.1) is 6.92 Å². The highest BCUT2D eigenvalue weighted by molar-refractivity contribution is 7.15. The van der Waals surface area contributed by atoms with Gasteiger partial charge in [-0.25, -0.2) is 9.78 Å². The monoisotopic (exact) mass is 558 g/mol. The fourth-order valence-corrected chi connectivity index (χ4v) is 5.65. The number of aliphatic carboxylic acids is 1. The highest BCUT2D eigenvalue weighted by Crippen LogP contribution is 2.39. The van der Waals surface area contributed by atoms with E-state index in [2.05, 4.69) is 59.6 Å². The van der Waals surface area contributed by atoms with Crippen LogP contribution in [0.5, 0.6) is 11.5 Å². The van der Waals surface area contributed by atoms with Crippen LogP contribution in [0.15, 0.2) is 109 Å². The lowest BCUT2D eigenvalue weighted by Crippen LogP contribution is -2.10. The zero-order valence-corrected chi connectivity index (χ0v) is 23.1. The molecule has 2 heterocycles. The Morgan fingerprint density at radius 1 is 0.805 bits per heavy atom. The second-order valence-electron chi connectivity index (χ2n) is 9.54. The number of hydrogen-bond donors (Lipinski definition) is 1. The van der Waals surface area contributed by atoms with Crippen molar-refractivity contribution in [1.82, 2.24) is 9.97 Å². The number of carboxylic acids is 1. The summed E-state index contributed by atoms with van der Waals surface area (Å²) in [6, 6.07) is 34.5. The third-order valence-electron chi connectivity index (χ3n) is 6.66. The number of hydrogen-bond acceptors (Lipinski definition) is 6. The van der Waals surface area contributed by atoms with Crippen molar-refractivity contribution in [3.8, 4) is 44.3 Å². The van der Waals surface area contributed by atoms with Crippen LogP contribution in [0.1, 0.15) is 10.6 Å². The predicted molar refractivity (Wildman–Crippen MR) is 162 cm³/mol. The van der Waals surface area contributed by atoms with Gasteiger partial charge in [-0.05, 0) is 65.6 Å². The van der Waals surface area contributed by atoms with Crippen molar-refractivity contribution in [1.29, 1.82) is 0 Å². The molecule has 0 fully saturated rings. The molecule has 1 N–H and O–H groups in total. The summed E-state index contributed by atoms with van der Waals surface area (Å²) in [6.45, 7) is 1.77. The molecule has 4 aromatic carbocycles. The van der Waals surface area contributed by atoms with Crippen molar-refractivity contribution in [3.05, 3.63) is 120 Å². The zero-order chi connectivity index (χ0) is 28.2. The lowest BCUT2D eigenvalue weighted by Gasteiger charge is -2.09. The van der Waals surface area contributed by atoms with Gasteiger partial charge in [-0.2, -0.15) is 0 Å². The van der Waals surface area contributed by atoms with Gasteiger partial charge in [-0.3, -0.25) is 4.98 Å². The van der Waals surface area contributed by atoms with Crippen LogP contribution < -0.4 is 9.47 Å². The fourth-order valence-electron chi connectivity index (χ4n) is 4.64. The van der Waals surface area contributed by atoms with E-state index in [0.29, 0.717) is 18.1 Å². The van der Waals surface area contributed by atoms with Crippen LogP contribution in [-0.2, 0) is 11.4 Å². The van der Waals surface area contributed by atoms with Crippen molar-refractivity contribution < 1.29 is 19.4 Å². The van der Waals surface area contributed by atoms with Crippen molar-refractivity contribution in [2.45, 2.75) is 13.5 Å². The molecule has 0 bridgehead atoms. The van der Waals surface area contributed by atoms with Gasteiger partial charge < -0.3 is 14.6 Å². The minimum Gasteiger partial charge on any atom is -0.486 e. The molecule has 0 saturated carbocycles. The van der Waals surface area contributed by atoms with Gasteiger partial charge in [-0.15, -0.1) is 11.3 Å². The first-order valence-corrected chi connectivity index (χ1v) is 13.9. The van der Waals surface area contributed by atoms with E-state index in [1.54, 1.807) is 29.7 Å². The Bertz CT molecular complexity index is 1830. The molecule has 0 saturated heterocycles. The summed E-state index contributed by atoms with van der Waals surface area (Å²) in [6.07, 6.45) is 1.80. The maximum absolute atomic E-state index is 10.8. The first-order chi connectivity index (χ1) is 20.0. The minimum absolute atomic E-state index is 0.295. The molecule has 2 aromatic heterocycles. The molecule has 6 nitrogen and oxygen atoms in total. The van der Waals surface area contributed by atoms with E-state index in [-0.39, 0.29) is 6.61 Å². The Morgan fingerprint density at radius 2 is 1.56 bits per heavy atom. The third kappa shape index (κ3) is 5.95. The normalized spacial score (nSPS) is 11.0. The average Bonchev–Trinajstić information content (AvgIpc) is 3.44. The first kappa shape index (κ1) is 26.2. The molecule has 0 unspecified atom stereocenters. The summed E-state index contributed by atoms with van der Waals surface area (Å²) in [5, 5.41) is 10.8. The number of aryl methyl sites for hydroxylation is 1. The van der Waals surface area contributed by atoms with Crippen LogP contribution in [0.4, 0.5) is 0 Å². The number of thiazole rings is 1. The number of aromatic nitrogens is 2. The molecule has 202 valence electrons. The molecule has 0 aliphatic rings. The standard InChI is InChI=1S/C34H26N2O4S/c1-22-18-28(14-16-30(22)40-21-32(37)38)39-20-31-36-33(27-13-15-29-26(19-27)8-5-17-35-29)34(41-31)25-11-9-24(10-12-25)23-6-3-2-4-7-23/h2-19H,20-21H2,1H3,(H,37,38). The first-order valence-electron chi connectivity index (χ1n) is 13.1. The molecule has 6 rings (SSSR count). The third-order valence-corrected chi connectivity index (χ3v) is 7.74. The van der Waals surface area contributed by atoms with E-state index in [0.717, 1.165) is 48.7 Å². The molecular formula is C34H26N2O4S. The van der Waals surface area contributed by atoms with Crippen LogP contribution >= 0.6 is 11.3 Å². The fraction of sp³-hybridized carbons (Fsp3) is 0.0882. The molecular weight excluding hydrogens is 532 g/mol. The number of carbonyl (C=O) groups is 1. The molecule has 0 aliphatic heterocycles. The smallest absolute Gasteiger partial charge is 0.341 e. The number of fused-ring (bicyclic) bond motifs is 1. The molecule has 7 heteroatoms. The molecule has 6 aromatic rings. The van der Waals surface area contributed by atoms with Gasteiger partial charge >= 0.3 is 5.97 Å². The summed E-state index contributed by atoms with van der Waals surface area (Å²) >= 11 is 1.61. The van der Waals surface area contributed by atoms with Gasteiger partial charge in [0.2, 0.25) is 0 Å². The minimum atomic E-state index is -1.02. The maximum atomic E-state index is 10.8. The van der Waals surface area contributed by atoms with Gasteiger partial charge in [0.25, 0.3) is 0 Å². The van der Waals surface area contributed by atoms with Crippen LogP contribution in [0.3, 0.4) is 0 Å². The Balaban J connectivity index is 1.31. The maximum Gasteiger partial charge on any atom is 0.341 e. The summed E-state index contributed by atoms with van der Waals surface area (Å²) in [7, 11) is 0. The summed E-state index contributed by atoms with van der Waals surface area (Å²) in [4.78, 5) is 21.4. The van der Waals surface area contributed by atoms with E-state index in [4.69, 9.17) is 19.6 Å². The van der Waals surface area contributed by atoms with Crippen LogP contribution in [0.2, 0.25) is 0 Å². The molecule has 0 amide bonds. The average molecular weight is 559 g/mol. The van der Waals surface area contributed by atoms with Gasteiger partial charge in [-0.1, -0.05) is 66.7 Å². The number of benzene rings is 4. The van der Waals surface area contributed by atoms with Gasteiger partial charge in [0.15, 0.2) is 6.61 Å². The van der Waals surface area contributed by atoms with Crippen molar-refractivity contribution >= 4 is 28.2 Å². The van der Waals surface area contributed by atoms with E-state index >= 15 is 0 Å². The number of carboxylic acid groups (broad SMARTS) is 1. The predicted octanol–water partition coefficient (Wildman–Crippen LogP) is 8.04. The Hall–Kier alpha value is -5.01. The Kier molecular flexibility index (Phi) is 7.43. The van der Waals surface area contributed by atoms with E-state index in [1.165, 1.54) is 5.56 Å². The van der Waals surface area contributed by atoms with Crippen molar-refractivity contribution in [3.63, 3.8) is 0 Å². The van der Waals surface area contributed by atoms with Gasteiger partial charge in [0, 0.05) is 17.1 Å². The van der Waals surface area contributed by atoms with E-state index in [9.17, 15) is 4.79 Å². The Morgan fingerprint density at radius 3 is 2.34 bits per heavy atom. The molecule has 0 aliphatic carbocycles. The highest BCUT2D eigenvalue weighted by atomic mass is 32.1. The molecule has 0 atom stereocenters. The lowest BCUT2D eigenvalue weighted by molar-refractivity contribution is -0.139. The molecule has 41 heavy (non-hydrogen) atoms. The highest BCUT2D eigenvalue weighted by Gasteiger charge is 2.17. The van der Waals surface area contributed by atoms with Crippen LogP contribution in [0.25, 0.3) is 43.7 Å². The number of ether oxygens (including phenoxy) is 2. The van der Waals surface area contributed by atoms with Crippen LogP contribution in [-0.4, -0.2) is 27.7 Å². The summed E-state index contributed by atoms with van der Waals surface area (Å²) < 4.78 is 11.4. The number of rotatable bonds is 9. The molecule has 0 radical (unpaired) electrons. The lowest BCUT2D eigenvalue weighted by atomic mass is 10.0. The molecule has 0 spiro atoms. The summed E-state index contributed by atoms with van der Waals surface area (Å²) in [5.41, 5.74) is 7.08. The SMILES string of the molecule is Cc1cc(OCc2nc(-c3ccc4ncccc4c3)c(-c3ccc(-c4ccccc4)cc3)s2)ccc1OCC(=O)O. The van der Waals surface area contributed by atoms with Gasteiger partial charge in [0.1, 0.15) is 23.1 Å². The zero-order valence-electron chi connectivity index (χ0n) is 22.3. The van der Waals surface area contributed by atoms with Gasteiger partial charge in [0.05, 0.1) is 16.1 Å². The number of nitrogens with zero attached hydrogens (tertiary/aromatic N) is 2. The Labute approximate surface area is 241 Å². The topological polar surface area (TPSA) is 81.5 Å². The summed E-state index contributed by atoms with van der Waals surface area (Å²) in [5.74, 6) is 0.160. The van der Waals surface area contributed by atoms with E-state index in [1.807, 2.05) is 43.3 Å². The largest absolute Gasteiger partial charge is 0.486 e. The number of pyridine rings is 1. The van der Waals surface area contributed by atoms with E-state index < -0.39 is 5.97 Å². The second-order valence-corrected chi connectivity index (χ2v) is 10.6. The quantitative estimate of drug-likeness (QED) is 0.193. The van der Waals surface area contributed by atoms with Crippen molar-refractivity contribution in [2.24, 2.45) is 0 Å². The van der Waals surface area contributed by atoms with Crippen molar-refractivity contribution in [2.75, 3.05) is 6.61 Å². The second kappa shape index (κ2) is 11.6.